The van der Waals surface area contributed by atoms with Gasteiger partial charge in [-0.05, 0) is 74.7 Å². The van der Waals surface area contributed by atoms with Crippen LogP contribution in [-0.2, 0) is 14.3 Å². The molecule has 0 unspecified atom stereocenters. The Labute approximate surface area is 181 Å². The molecule has 0 saturated carbocycles. The van der Waals surface area contributed by atoms with Crippen LogP contribution in [0.3, 0.4) is 0 Å². The summed E-state index contributed by atoms with van der Waals surface area (Å²) in [5.41, 5.74) is 1.37. The molecule has 1 rings (SSSR count). The van der Waals surface area contributed by atoms with Crippen molar-refractivity contribution in [2.24, 2.45) is 0 Å². The molecule has 2 N–H and O–H groups in total. The first-order chi connectivity index (χ1) is 11.3. The Morgan fingerprint density at radius 2 is 1.25 bits per heavy atom. The first-order valence-corrected chi connectivity index (χ1v) is 10.5. The van der Waals surface area contributed by atoms with E-state index >= 15 is 0 Å². The second kappa shape index (κ2) is 10.1. The van der Waals surface area contributed by atoms with E-state index in [2.05, 4.69) is 33.2 Å². The summed E-state index contributed by atoms with van der Waals surface area (Å²) in [6.07, 6.45) is 0.618. The molecule has 0 heterocycles. The van der Waals surface area contributed by atoms with Crippen LogP contribution in [0.1, 0.15) is 44.0 Å². The lowest BCUT2D eigenvalue weighted by molar-refractivity contribution is -0.116. The predicted octanol–water partition coefficient (Wildman–Crippen LogP) is 4.37. The number of amides is 2. The van der Waals surface area contributed by atoms with Gasteiger partial charge in [-0.3, -0.25) is 9.59 Å². The number of halogens is 3. The maximum Gasteiger partial charge on any atom is 0.340 e. The van der Waals surface area contributed by atoms with Crippen LogP contribution in [0.4, 0.5) is 11.4 Å². The molecule has 1 aromatic carbocycles. The van der Waals surface area contributed by atoms with Crippen LogP contribution in [0, 0.1) is 10.7 Å². The quantitative estimate of drug-likeness (QED) is 0.348. The molecule has 0 saturated heterocycles. The molecule has 6 nitrogen and oxygen atoms in total. The van der Waals surface area contributed by atoms with Gasteiger partial charge in [0, 0.05) is 12.8 Å². The van der Waals surface area contributed by atoms with Crippen LogP contribution in [0.25, 0.3) is 0 Å². The summed E-state index contributed by atoms with van der Waals surface area (Å²) < 4.78 is 6.99. The minimum Gasteiger partial charge on any atom is -0.462 e. The smallest absolute Gasteiger partial charge is 0.340 e. The molecule has 0 aliphatic carbocycles. The summed E-state index contributed by atoms with van der Waals surface area (Å²) in [5.74, 6) is -0.828. The van der Waals surface area contributed by atoms with Crippen LogP contribution in [0.15, 0.2) is 0 Å². The second-order valence-corrected chi connectivity index (χ2v) is 7.83. The van der Waals surface area contributed by atoms with E-state index in [4.69, 9.17) is 4.74 Å². The van der Waals surface area contributed by atoms with Gasteiger partial charge in [0.05, 0.1) is 34.3 Å². The average Bonchev–Trinajstić information content (AvgIpc) is 2.55. The number of hydrogen-bond donors (Lipinski definition) is 2. The molecule has 132 valence electrons. The highest BCUT2D eigenvalue weighted by Crippen LogP contribution is 2.39. The Bertz CT molecular complexity index is 632. The summed E-state index contributed by atoms with van der Waals surface area (Å²) >= 11 is 6.10. The fourth-order valence-electron chi connectivity index (χ4n) is 1.72. The van der Waals surface area contributed by atoms with Gasteiger partial charge in [-0.1, -0.05) is 13.8 Å². The minimum absolute atomic E-state index is 0.172. The van der Waals surface area contributed by atoms with Crippen LogP contribution in [-0.4, -0.2) is 24.4 Å². The number of ether oxygens (including phenoxy) is 1. The summed E-state index contributed by atoms with van der Waals surface area (Å²) in [6.45, 7) is 5.45. The highest BCUT2D eigenvalue weighted by molar-refractivity contribution is 14.1. The van der Waals surface area contributed by atoms with Gasteiger partial charge >= 0.3 is 5.97 Å². The fourth-order valence-corrected chi connectivity index (χ4v) is 5.87. The van der Waals surface area contributed by atoms with Crippen molar-refractivity contribution in [1.29, 1.82) is 0 Å². The van der Waals surface area contributed by atoms with E-state index in [1.165, 1.54) is 0 Å². The van der Waals surface area contributed by atoms with Crippen LogP contribution in [0.2, 0.25) is 0 Å². The Morgan fingerprint density at radius 1 is 0.833 bits per heavy atom. The highest BCUT2D eigenvalue weighted by Gasteiger charge is 2.26. The number of carbonyl (C=O) groups is 3. The first kappa shape index (κ1) is 21.9. The van der Waals surface area contributed by atoms with Crippen molar-refractivity contribution in [2.45, 2.75) is 33.6 Å². The second-order valence-electron chi connectivity index (χ2n) is 4.59. The third-order valence-electron chi connectivity index (χ3n) is 2.97. The van der Waals surface area contributed by atoms with E-state index in [1.54, 1.807) is 20.8 Å². The van der Waals surface area contributed by atoms with Gasteiger partial charge in [-0.25, -0.2) is 4.79 Å². The predicted molar refractivity (Wildman–Crippen MR) is 118 cm³/mol. The largest absolute Gasteiger partial charge is 0.462 e. The monoisotopic (exact) mass is 670 g/mol. The van der Waals surface area contributed by atoms with E-state index in [9.17, 15) is 14.4 Å². The number of rotatable bonds is 6. The zero-order valence-corrected chi connectivity index (χ0v) is 19.9. The van der Waals surface area contributed by atoms with Crippen molar-refractivity contribution in [3.05, 3.63) is 16.3 Å². The molecule has 1 aromatic rings. The molecule has 0 atom stereocenters. The molecule has 0 bridgehead atoms. The standard InChI is InChI=1S/C15H17I3N2O4/c1-4-7(21)19-13-10(16)9(15(23)24-6-3)11(17)14(12(13)18)20-8(22)5-2/h4-6H2,1-3H3,(H,19,21)(H,20,22). The zero-order chi connectivity index (χ0) is 18.4. The van der Waals surface area contributed by atoms with Crippen LogP contribution >= 0.6 is 67.8 Å². The number of anilines is 2. The molecule has 0 radical (unpaired) electrons. The van der Waals surface area contributed by atoms with Crippen molar-refractivity contribution in [3.63, 3.8) is 0 Å². The Morgan fingerprint density at radius 3 is 1.58 bits per heavy atom. The van der Waals surface area contributed by atoms with Gasteiger partial charge in [0.15, 0.2) is 0 Å². The van der Waals surface area contributed by atoms with Gasteiger partial charge in [0.2, 0.25) is 11.8 Å². The van der Waals surface area contributed by atoms with Gasteiger partial charge < -0.3 is 15.4 Å². The zero-order valence-electron chi connectivity index (χ0n) is 13.4. The van der Waals surface area contributed by atoms with Crippen molar-refractivity contribution >= 4 is 96.9 Å². The van der Waals surface area contributed by atoms with E-state index in [0.29, 0.717) is 40.5 Å². The lowest BCUT2D eigenvalue weighted by Gasteiger charge is -2.19. The third kappa shape index (κ3) is 5.16. The summed E-state index contributed by atoms with van der Waals surface area (Å²) in [7, 11) is 0. The number of benzene rings is 1. The number of carbonyl (C=O) groups excluding carboxylic acids is 3. The maximum absolute atomic E-state index is 12.4. The topological polar surface area (TPSA) is 84.5 Å². The molecular formula is C15H17I3N2O4. The maximum atomic E-state index is 12.4. The highest BCUT2D eigenvalue weighted by atomic mass is 127. The molecule has 0 spiro atoms. The van der Waals surface area contributed by atoms with Crippen molar-refractivity contribution in [3.8, 4) is 0 Å². The van der Waals surface area contributed by atoms with Gasteiger partial charge in [-0.15, -0.1) is 0 Å². The first-order valence-electron chi connectivity index (χ1n) is 7.25. The number of hydrogen-bond acceptors (Lipinski definition) is 4. The molecule has 9 heteroatoms. The molecule has 0 aliphatic heterocycles. The molecule has 0 aliphatic rings. The van der Waals surface area contributed by atoms with Crippen LogP contribution in [0.5, 0.6) is 0 Å². The normalized spacial score (nSPS) is 10.2. The van der Waals surface area contributed by atoms with E-state index in [0.717, 1.165) is 0 Å². The van der Waals surface area contributed by atoms with Gasteiger partial charge in [0.1, 0.15) is 0 Å². The third-order valence-corrected chi connectivity index (χ3v) is 6.20. The molecule has 24 heavy (non-hydrogen) atoms. The van der Waals surface area contributed by atoms with Crippen LogP contribution < -0.4 is 10.6 Å². The van der Waals surface area contributed by atoms with Gasteiger partial charge in [-0.2, -0.15) is 0 Å². The minimum atomic E-state index is -0.485. The van der Waals surface area contributed by atoms with E-state index < -0.39 is 5.97 Å². The summed E-state index contributed by atoms with van der Waals surface area (Å²) in [6, 6.07) is 0. The number of esters is 1. The average molecular weight is 670 g/mol. The fraction of sp³-hybridized carbons (Fsp3) is 0.400. The molecule has 0 aromatic heterocycles. The number of nitrogens with one attached hydrogen (secondary N) is 2. The lowest BCUT2D eigenvalue weighted by atomic mass is 10.1. The van der Waals surface area contributed by atoms with E-state index in [-0.39, 0.29) is 18.4 Å². The van der Waals surface area contributed by atoms with E-state index in [1.807, 2.05) is 45.2 Å². The lowest BCUT2D eigenvalue weighted by Crippen LogP contribution is -2.20. The molecule has 0 fully saturated rings. The Hall–Kier alpha value is -0.180. The summed E-state index contributed by atoms with van der Waals surface area (Å²) in [4.78, 5) is 36.0. The SMILES string of the molecule is CCOC(=O)c1c(I)c(NC(=O)CC)c(I)c(NC(=O)CC)c1I. The van der Waals surface area contributed by atoms with Crippen molar-refractivity contribution < 1.29 is 19.1 Å². The Balaban J connectivity index is 3.60. The molecule has 2 amide bonds. The van der Waals surface area contributed by atoms with Crippen molar-refractivity contribution in [2.75, 3.05) is 17.2 Å². The van der Waals surface area contributed by atoms with Crippen molar-refractivity contribution in [1.82, 2.24) is 0 Å². The van der Waals surface area contributed by atoms with Gasteiger partial charge in [0.25, 0.3) is 0 Å². The molecular weight excluding hydrogens is 653 g/mol. The Kier molecular flexibility index (Phi) is 9.19. The summed E-state index contributed by atoms with van der Waals surface area (Å²) in [5, 5.41) is 5.62.